The number of rotatable bonds is 6. The highest BCUT2D eigenvalue weighted by Gasteiger charge is 2.33. The number of carbonyl (C=O) groups excluding carboxylic acids is 1. The van der Waals surface area contributed by atoms with E-state index in [1.54, 1.807) is 6.07 Å². The summed E-state index contributed by atoms with van der Waals surface area (Å²) >= 11 is 5.53. The number of alkyl halides is 3. The second-order valence-corrected chi connectivity index (χ2v) is 7.88. The molecule has 0 aliphatic rings. The van der Waals surface area contributed by atoms with Crippen LogP contribution < -0.4 is 5.32 Å². The van der Waals surface area contributed by atoms with Crippen LogP contribution in [0.25, 0.3) is 0 Å². The number of halogens is 4. The third kappa shape index (κ3) is 5.25. The summed E-state index contributed by atoms with van der Waals surface area (Å²) in [7, 11) is -4.06. The number of benzene rings is 2. The zero-order chi connectivity index (χ0) is 20.9. The van der Waals surface area contributed by atoms with Gasteiger partial charge in [0.25, 0.3) is 0 Å². The summed E-state index contributed by atoms with van der Waals surface area (Å²) in [6.07, 6.45) is 0.485. The molecule has 0 aliphatic heterocycles. The van der Waals surface area contributed by atoms with Gasteiger partial charge in [0.2, 0.25) is 15.9 Å². The number of nitrogens with one attached hydrogen (secondary N) is 1. The Hall–Kier alpha value is -2.54. The highest BCUT2D eigenvalue weighted by Crippen LogP contribution is 2.36. The van der Waals surface area contributed by atoms with Gasteiger partial charge in [0, 0.05) is 5.69 Å². The first kappa shape index (κ1) is 21.8. The number of carbonyl (C=O) groups is 1. The van der Waals surface area contributed by atoms with Gasteiger partial charge in [-0.25, -0.2) is 8.42 Å². The molecule has 0 radical (unpaired) electrons. The molecule has 2 rings (SSSR count). The van der Waals surface area contributed by atoms with Gasteiger partial charge < -0.3 is 5.32 Å². The minimum atomic E-state index is -4.70. The first-order valence-corrected chi connectivity index (χ1v) is 9.53. The van der Waals surface area contributed by atoms with Crippen molar-refractivity contribution in [3.05, 3.63) is 59.1 Å². The lowest BCUT2D eigenvalue weighted by Gasteiger charge is -2.19. The molecule has 0 bridgehead atoms. The molecule has 148 valence electrons. The van der Waals surface area contributed by atoms with E-state index in [4.69, 9.17) is 18.0 Å². The Morgan fingerprint density at radius 1 is 1.18 bits per heavy atom. The van der Waals surface area contributed by atoms with E-state index in [-0.39, 0.29) is 17.1 Å². The summed E-state index contributed by atoms with van der Waals surface area (Å²) in [5, 5.41) is 1.70. The Bertz CT molecular complexity index is 1000. The van der Waals surface area contributed by atoms with E-state index in [9.17, 15) is 26.4 Å². The van der Waals surface area contributed by atoms with Gasteiger partial charge in [-0.1, -0.05) is 35.7 Å². The Labute approximate surface area is 165 Å². The maximum Gasteiger partial charge on any atom is 0.417 e. The quantitative estimate of drug-likeness (QED) is 0.712. The molecule has 28 heavy (non-hydrogen) atoms. The van der Waals surface area contributed by atoms with Gasteiger partial charge in [0.15, 0.2) is 0 Å². The van der Waals surface area contributed by atoms with Crippen molar-refractivity contribution in [2.75, 3.05) is 18.4 Å². The smallest absolute Gasteiger partial charge is 0.325 e. The lowest BCUT2D eigenvalue weighted by Crippen LogP contribution is -2.38. The zero-order valence-corrected chi connectivity index (χ0v) is 15.8. The van der Waals surface area contributed by atoms with Crippen LogP contribution in [0.5, 0.6) is 0 Å². The first-order valence-electron chi connectivity index (χ1n) is 7.71. The fraction of sp³-hybridized carbons (Fsp3) is 0.167. The lowest BCUT2D eigenvalue weighted by atomic mass is 10.2. The molecular weight excluding hydrogens is 417 g/mol. The number of nitrogens with zero attached hydrogens (tertiary/aromatic N) is 1. The molecule has 10 heteroatoms. The van der Waals surface area contributed by atoms with Gasteiger partial charge in [-0.05, 0) is 30.3 Å². The van der Waals surface area contributed by atoms with Crippen LogP contribution >= 0.6 is 11.6 Å². The van der Waals surface area contributed by atoms with Gasteiger partial charge in [-0.15, -0.1) is 6.42 Å². The molecule has 0 aliphatic carbocycles. The minimum absolute atomic E-state index is 0.0658. The lowest BCUT2D eigenvalue weighted by molar-refractivity contribution is -0.137. The second kappa shape index (κ2) is 8.65. The van der Waals surface area contributed by atoms with Gasteiger partial charge >= 0.3 is 6.18 Å². The van der Waals surface area contributed by atoms with Crippen LogP contribution in [0.3, 0.4) is 0 Å². The second-order valence-electron chi connectivity index (χ2n) is 5.53. The van der Waals surface area contributed by atoms with Crippen LogP contribution in [0, 0.1) is 12.3 Å². The van der Waals surface area contributed by atoms with Crippen molar-refractivity contribution in [3.63, 3.8) is 0 Å². The topological polar surface area (TPSA) is 66.5 Å². The van der Waals surface area contributed by atoms with Crippen LogP contribution in [0.4, 0.5) is 18.9 Å². The zero-order valence-electron chi connectivity index (χ0n) is 14.2. The van der Waals surface area contributed by atoms with Crippen molar-refractivity contribution < 1.29 is 26.4 Å². The van der Waals surface area contributed by atoms with E-state index in [1.165, 1.54) is 30.3 Å². The van der Waals surface area contributed by atoms with E-state index in [1.807, 2.05) is 0 Å². The molecule has 2 aromatic carbocycles. The van der Waals surface area contributed by atoms with E-state index < -0.39 is 39.2 Å². The van der Waals surface area contributed by atoms with Crippen LogP contribution in [0.1, 0.15) is 5.56 Å². The fourth-order valence-corrected chi connectivity index (χ4v) is 3.81. The molecular formula is C18H14ClF3N2O3S. The predicted molar refractivity (Wildman–Crippen MR) is 99.1 cm³/mol. The normalized spacial score (nSPS) is 11.9. The van der Waals surface area contributed by atoms with Crippen molar-refractivity contribution in [2.45, 2.75) is 11.1 Å². The third-order valence-electron chi connectivity index (χ3n) is 3.52. The maximum atomic E-state index is 12.9. The maximum absolute atomic E-state index is 12.9. The highest BCUT2D eigenvalue weighted by atomic mass is 35.5. The number of hydrogen-bond donors (Lipinski definition) is 1. The average molecular weight is 431 g/mol. The molecule has 0 aromatic heterocycles. The molecule has 0 fully saturated rings. The predicted octanol–water partition coefficient (Wildman–Crippen LogP) is 3.62. The monoisotopic (exact) mass is 430 g/mol. The number of sulfonamides is 1. The van der Waals surface area contributed by atoms with Gasteiger partial charge in [0.1, 0.15) is 0 Å². The SMILES string of the molecule is C#CCN(CC(=O)Nc1ccc(Cl)c(C(F)(F)F)c1)S(=O)(=O)c1ccccc1. The molecule has 0 unspecified atom stereocenters. The third-order valence-corrected chi connectivity index (χ3v) is 5.66. The van der Waals surface area contributed by atoms with Gasteiger partial charge in [0.05, 0.1) is 28.6 Å². The largest absolute Gasteiger partial charge is 0.417 e. The molecule has 2 aromatic rings. The van der Waals surface area contributed by atoms with Crippen molar-refractivity contribution in [3.8, 4) is 12.3 Å². The molecule has 5 nitrogen and oxygen atoms in total. The van der Waals surface area contributed by atoms with Crippen molar-refractivity contribution in [2.24, 2.45) is 0 Å². The van der Waals surface area contributed by atoms with E-state index in [0.29, 0.717) is 6.07 Å². The van der Waals surface area contributed by atoms with E-state index in [0.717, 1.165) is 10.4 Å². The number of terminal acetylenes is 1. The van der Waals surface area contributed by atoms with E-state index in [2.05, 4.69) is 11.2 Å². The summed E-state index contributed by atoms with van der Waals surface area (Å²) in [4.78, 5) is 12.2. The molecule has 1 amide bonds. The average Bonchev–Trinajstić information content (AvgIpc) is 2.62. The molecule has 0 saturated carbocycles. The molecule has 1 N–H and O–H groups in total. The first-order chi connectivity index (χ1) is 13.1. The Morgan fingerprint density at radius 2 is 1.82 bits per heavy atom. The Balaban J connectivity index is 2.21. The molecule has 0 heterocycles. The van der Waals surface area contributed by atoms with Crippen molar-refractivity contribution in [1.29, 1.82) is 0 Å². The number of amides is 1. The van der Waals surface area contributed by atoms with Crippen molar-refractivity contribution >= 4 is 33.2 Å². The molecule has 0 atom stereocenters. The summed E-state index contributed by atoms with van der Waals surface area (Å²) in [5.41, 5.74) is -1.30. The number of anilines is 1. The summed E-state index contributed by atoms with van der Waals surface area (Å²) in [5.74, 6) is 1.29. The van der Waals surface area contributed by atoms with Crippen LogP contribution in [0.2, 0.25) is 5.02 Å². The van der Waals surface area contributed by atoms with Crippen LogP contribution in [-0.2, 0) is 21.0 Å². The van der Waals surface area contributed by atoms with Crippen molar-refractivity contribution in [1.82, 2.24) is 4.31 Å². The number of hydrogen-bond acceptors (Lipinski definition) is 3. The standard InChI is InChI=1S/C18H14ClF3N2O3S/c1-2-10-24(28(26,27)14-6-4-3-5-7-14)12-17(25)23-13-8-9-16(19)15(11-13)18(20,21)22/h1,3-9,11H,10,12H2,(H,23,25). The van der Waals surface area contributed by atoms with Gasteiger partial charge in [-0.3, -0.25) is 4.79 Å². The molecule has 0 spiro atoms. The summed E-state index contributed by atoms with van der Waals surface area (Å²) < 4.78 is 64.7. The van der Waals surface area contributed by atoms with Crippen LogP contribution in [-0.4, -0.2) is 31.7 Å². The summed E-state index contributed by atoms with van der Waals surface area (Å²) in [6, 6.07) is 10.1. The molecule has 0 saturated heterocycles. The Kier molecular flexibility index (Phi) is 6.72. The fourth-order valence-electron chi connectivity index (χ4n) is 2.25. The Morgan fingerprint density at radius 3 is 2.39 bits per heavy atom. The highest BCUT2D eigenvalue weighted by molar-refractivity contribution is 7.89. The van der Waals surface area contributed by atoms with E-state index >= 15 is 0 Å². The van der Waals surface area contributed by atoms with Gasteiger partial charge in [-0.2, -0.15) is 17.5 Å². The van der Waals surface area contributed by atoms with Crippen LogP contribution in [0.15, 0.2) is 53.4 Å². The summed E-state index contributed by atoms with van der Waals surface area (Å²) in [6.45, 7) is -1.07. The minimum Gasteiger partial charge on any atom is -0.325 e.